The van der Waals surface area contributed by atoms with Crippen LogP contribution in [0.2, 0.25) is 0 Å². The fourth-order valence-corrected chi connectivity index (χ4v) is 5.69. The van der Waals surface area contributed by atoms with Crippen molar-refractivity contribution in [3.63, 3.8) is 0 Å². The number of carbonyl (C=O) groups is 2. The van der Waals surface area contributed by atoms with E-state index in [0.29, 0.717) is 65.9 Å². The van der Waals surface area contributed by atoms with Gasteiger partial charge in [-0.05, 0) is 82.2 Å². The number of allylic oxidation sites excluding steroid dienone is 3. The Hall–Kier alpha value is -3.53. The number of piperidine rings is 1. The third-order valence-corrected chi connectivity index (χ3v) is 7.65. The van der Waals surface area contributed by atoms with Crippen LogP contribution in [0, 0.1) is 0 Å². The summed E-state index contributed by atoms with van der Waals surface area (Å²) in [4.78, 5) is 32.9. The number of amides is 1. The van der Waals surface area contributed by atoms with E-state index < -0.39 is 35.6 Å². The number of benzene rings is 1. The van der Waals surface area contributed by atoms with Crippen molar-refractivity contribution in [1.29, 1.82) is 0 Å². The Kier molecular flexibility index (Phi) is 11.5. The first kappa shape index (κ1) is 35.3. The molecule has 0 unspecified atom stereocenters. The Morgan fingerprint density at radius 3 is 2.61 bits per heavy atom. The molecule has 2 atom stereocenters. The SMILES string of the molecule is CCOC(=O)[C@@H]1CC[C@@H](Nc2ccc3c(c2CN)COCCCC2=C3N(OCOC)NC(C(F)(F)F)=C2)CN1C(=O)OC(C)(C)C. The maximum Gasteiger partial charge on any atom is 0.432 e. The summed E-state index contributed by atoms with van der Waals surface area (Å²) >= 11 is 0. The van der Waals surface area contributed by atoms with E-state index in [1.54, 1.807) is 39.8 Å². The van der Waals surface area contributed by atoms with Gasteiger partial charge >= 0.3 is 18.2 Å². The van der Waals surface area contributed by atoms with Crippen molar-refractivity contribution in [2.45, 2.75) is 90.4 Å². The van der Waals surface area contributed by atoms with Crippen molar-refractivity contribution in [2.75, 3.05) is 39.0 Å². The average molecular weight is 656 g/mol. The highest BCUT2D eigenvalue weighted by Gasteiger charge is 2.41. The van der Waals surface area contributed by atoms with Crippen molar-refractivity contribution in [3.8, 4) is 0 Å². The second kappa shape index (κ2) is 14.9. The minimum Gasteiger partial charge on any atom is -0.464 e. The number of alkyl halides is 3. The number of anilines is 1. The van der Waals surface area contributed by atoms with Gasteiger partial charge in [-0.3, -0.25) is 10.3 Å². The van der Waals surface area contributed by atoms with Crippen molar-refractivity contribution in [1.82, 2.24) is 15.5 Å². The zero-order chi connectivity index (χ0) is 33.6. The normalized spacial score (nSPS) is 20.8. The number of hydrazine groups is 1. The first-order chi connectivity index (χ1) is 21.8. The number of carbonyl (C=O) groups excluding carboxylic acids is 2. The van der Waals surface area contributed by atoms with Gasteiger partial charge in [0, 0.05) is 44.1 Å². The molecule has 1 aromatic rings. The van der Waals surface area contributed by atoms with E-state index in [2.05, 4.69) is 10.7 Å². The van der Waals surface area contributed by atoms with E-state index in [1.165, 1.54) is 12.0 Å². The third kappa shape index (κ3) is 8.43. The fourth-order valence-electron chi connectivity index (χ4n) is 5.69. The molecule has 0 saturated carbocycles. The van der Waals surface area contributed by atoms with E-state index in [4.69, 9.17) is 29.5 Å². The van der Waals surface area contributed by atoms with Crippen LogP contribution in [0.3, 0.4) is 0 Å². The highest BCUT2D eigenvalue weighted by Crippen LogP contribution is 2.39. The lowest BCUT2D eigenvalue weighted by Crippen LogP contribution is -2.55. The maximum atomic E-state index is 13.8. The monoisotopic (exact) mass is 655 g/mol. The molecule has 3 heterocycles. The molecular weight excluding hydrogens is 611 g/mol. The lowest BCUT2D eigenvalue weighted by atomic mass is 9.92. The van der Waals surface area contributed by atoms with Crippen molar-refractivity contribution >= 4 is 23.4 Å². The second-order valence-corrected chi connectivity index (χ2v) is 12.2. The highest BCUT2D eigenvalue weighted by atomic mass is 19.4. The highest BCUT2D eigenvalue weighted by molar-refractivity contribution is 5.82. The van der Waals surface area contributed by atoms with Gasteiger partial charge in [-0.25, -0.2) is 14.4 Å². The Labute approximate surface area is 266 Å². The van der Waals surface area contributed by atoms with Gasteiger partial charge in [0.1, 0.15) is 17.3 Å². The second-order valence-electron chi connectivity index (χ2n) is 12.2. The fraction of sp³-hybridized carbons (Fsp3) is 0.613. The number of halogens is 3. The number of likely N-dealkylation sites (tertiary alicyclic amines) is 1. The van der Waals surface area contributed by atoms with Crippen molar-refractivity contribution in [2.24, 2.45) is 5.73 Å². The Balaban J connectivity index is 1.71. The molecule has 0 aliphatic carbocycles. The lowest BCUT2D eigenvalue weighted by molar-refractivity contribution is -0.214. The molecule has 0 radical (unpaired) electrons. The Bertz CT molecular complexity index is 1330. The van der Waals surface area contributed by atoms with Gasteiger partial charge in [-0.2, -0.15) is 18.3 Å². The first-order valence-electron chi connectivity index (χ1n) is 15.3. The number of rotatable bonds is 8. The van der Waals surface area contributed by atoms with Gasteiger partial charge in [0.05, 0.1) is 18.9 Å². The molecule has 0 spiro atoms. The summed E-state index contributed by atoms with van der Waals surface area (Å²) in [6, 6.07) is 2.53. The molecule has 12 nitrogen and oxygen atoms in total. The first-order valence-corrected chi connectivity index (χ1v) is 15.3. The predicted molar refractivity (Wildman–Crippen MR) is 162 cm³/mol. The van der Waals surface area contributed by atoms with Crippen LogP contribution in [0.4, 0.5) is 23.7 Å². The van der Waals surface area contributed by atoms with Gasteiger partial charge in [0.25, 0.3) is 0 Å². The van der Waals surface area contributed by atoms with Crippen molar-refractivity contribution in [3.05, 3.63) is 46.2 Å². The van der Waals surface area contributed by atoms with Crippen LogP contribution < -0.4 is 16.5 Å². The van der Waals surface area contributed by atoms with E-state index in [9.17, 15) is 22.8 Å². The third-order valence-electron chi connectivity index (χ3n) is 7.65. The zero-order valence-corrected chi connectivity index (χ0v) is 26.9. The van der Waals surface area contributed by atoms with Gasteiger partial charge in [0.2, 0.25) is 0 Å². The predicted octanol–water partition coefficient (Wildman–Crippen LogP) is 4.71. The number of ether oxygens (including phenoxy) is 4. The average Bonchev–Trinajstić information content (AvgIpc) is 3.07. The van der Waals surface area contributed by atoms with E-state index in [0.717, 1.165) is 11.2 Å². The van der Waals surface area contributed by atoms with Gasteiger partial charge < -0.3 is 30.0 Å². The smallest absolute Gasteiger partial charge is 0.432 e. The molecule has 1 aromatic carbocycles. The Morgan fingerprint density at radius 1 is 1.20 bits per heavy atom. The minimum absolute atomic E-state index is 0.0848. The lowest BCUT2D eigenvalue weighted by Gasteiger charge is -2.39. The molecule has 0 aromatic heterocycles. The molecule has 256 valence electrons. The molecule has 3 aliphatic rings. The minimum atomic E-state index is -4.64. The summed E-state index contributed by atoms with van der Waals surface area (Å²) in [7, 11) is 1.37. The molecule has 1 saturated heterocycles. The number of hydrogen-bond acceptors (Lipinski definition) is 11. The largest absolute Gasteiger partial charge is 0.464 e. The number of nitrogens with two attached hydrogens (primary N) is 1. The number of esters is 1. The summed E-state index contributed by atoms with van der Waals surface area (Å²) in [6.07, 6.45) is -2.47. The molecule has 3 aliphatic heterocycles. The van der Waals surface area contributed by atoms with Gasteiger partial charge in [-0.15, -0.1) is 0 Å². The summed E-state index contributed by atoms with van der Waals surface area (Å²) in [5.41, 5.74) is 10.4. The topological polar surface area (TPSA) is 137 Å². The van der Waals surface area contributed by atoms with E-state index >= 15 is 0 Å². The molecule has 1 fully saturated rings. The number of fused-ring (bicyclic) bond motifs is 2. The molecule has 46 heavy (non-hydrogen) atoms. The van der Waals surface area contributed by atoms with Crippen LogP contribution in [0.15, 0.2) is 29.5 Å². The number of hydroxylamine groups is 1. The molecule has 4 rings (SSSR count). The summed E-state index contributed by atoms with van der Waals surface area (Å²) < 4.78 is 63.3. The quantitative estimate of drug-likeness (QED) is 0.265. The molecular formula is C31H44F3N5O7. The molecule has 1 amide bonds. The van der Waals surface area contributed by atoms with Gasteiger partial charge in [0.15, 0.2) is 6.79 Å². The summed E-state index contributed by atoms with van der Waals surface area (Å²) in [5.74, 6) is -0.489. The summed E-state index contributed by atoms with van der Waals surface area (Å²) in [6.45, 7) is 7.58. The molecule has 15 heteroatoms. The van der Waals surface area contributed by atoms with Crippen LogP contribution in [-0.2, 0) is 41.7 Å². The standard InChI is InChI=1S/C31H44F3N5O7/c1-6-44-28(40)25-12-9-20(16-38(25)29(41)46-30(2,3)4)36-24-11-10-21-23(22(24)15-35)17-43-13-7-8-19-14-26(31(32,33)34)37-39(27(19)21)45-18-42-5/h10-11,14,20,25,36-37H,6-9,12-13,15-18,35H2,1-5H3/t20-,25+/m1/s1. The number of nitrogens with zero attached hydrogens (tertiary/aromatic N) is 2. The molecule has 0 bridgehead atoms. The van der Waals surface area contributed by atoms with Crippen LogP contribution in [0.1, 0.15) is 70.1 Å². The Morgan fingerprint density at radius 2 is 1.96 bits per heavy atom. The van der Waals surface area contributed by atoms with Crippen LogP contribution in [0.25, 0.3) is 5.70 Å². The molecule has 4 N–H and O–H groups in total. The number of hydrogen-bond donors (Lipinski definition) is 3. The van der Waals surface area contributed by atoms with Crippen LogP contribution >= 0.6 is 0 Å². The number of methoxy groups -OCH3 is 1. The zero-order valence-electron chi connectivity index (χ0n) is 26.9. The van der Waals surface area contributed by atoms with E-state index in [-0.39, 0.29) is 39.1 Å². The summed E-state index contributed by atoms with van der Waals surface area (Å²) in [5, 5.41) is 4.49. The van der Waals surface area contributed by atoms with E-state index in [1.807, 2.05) is 0 Å². The van der Waals surface area contributed by atoms with Crippen molar-refractivity contribution < 1.29 is 46.5 Å². The maximum absolute atomic E-state index is 13.8. The van der Waals surface area contributed by atoms with Crippen LogP contribution in [-0.4, -0.2) is 79.7 Å². The van der Waals surface area contributed by atoms with Crippen LogP contribution in [0.5, 0.6) is 0 Å². The number of nitrogens with one attached hydrogen (secondary N) is 2. The van der Waals surface area contributed by atoms with Gasteiger partial charge in [-0.1, -0.05) is 6.07 Å².